The van der Waals surface area contributed by atoms with Gasteiger partial charge in [0.15, 0.2) is 0 Å². The lowest BCUT2D eigenvalue weighted by Crippen LogP contribution is -2.49. The summed E-state index contributed by atoms with van der Waals surface area (Å²) in [5.74, 6) is 0.889. The summed E-state index contributed by atoms with van der Waals surface area (Å²) in [7, 11) is 3.42. The molecule has 124 valence electrons. The van der Waals surface area contributed by atoms with E-state index in [9.17, 15) is 14.0 Å². The first-order valence-electron chi connectivity index (χ1n) is 7.78. The van der Waals surface area contributed by atoms with E-state index in [-0.39, 0.29) is 23.7 Å². The summed E-state index contributed by atoms with van der Waals surface area (Å²) in [4.78, 5) is 28.5. The van der Waals surface area contributed by atoms with Gasteiger partial charge in [0.25, 0.3) is 0 Å². The van der Waals surface area contributed by atoms with E-state index in [1.807, 2.05) is 0 Å². The van der Waals surface area contributed by atoms with Crippen LogP contribution in [0.2, 0.25) is 0 Å². The third-order valence-corrected chi connectivity index (χ3v) is 5.68. The van der Waals surface area contributed by atoms with Crippen molar-refractivity contribution in [1.82, 2.24) is 9.80 Å². The number of thioether (sulfide) groups is 1. The molecule has 4 nitrogen and oxygen atoms in total. The average Bonchev–Trinajstić information content (AvgIpc) is 3.14. The van der Waals surface area contributed by atoms with Crippen molar-refractivity contribution in [3.05, 3.63) is 35.6 Å². The first-order chi connectivity index (χ1) is 10.9. The Kier molecular flexibility index (Phi) is 4.36. The van der Waals surface area contributed by atoms with E-state index in [2.05, 4.69) is 0 Å². The second kappa shape index (κ2) is 6.15. The molecule has 0 bridgehead atoms. The predicted octanol–water partition coefficient (Wildman–Crippen LogP) is 2.14. The quantitative estimate of drug-likeness (QED) is 0.846. The first kappa shape index (κ1) is 16.3. The number of hydrogen-bond acceptors (Lipinski definition) is 3. The lowest BCUT2D eigenvalue weighted by molar-refractivity contribution is -0.145. The summed E-state index contributed by atoms with van der Waals surface area (Å²) < 4.78 is 13.9. The summed E-state index contributed by atoms with van der Waals surface area (Å²) in [6.45, 7) is 0. The maximum Gasteiger partial charge on any atom is 0.245 e. The van der Waals surface area contributed by atoms with Gasteiger partial charge in [0, 0.05) is 19.8 Å². The van der Waals surface area contributed by atoms with Gasteiger partial charge in [-0.15, -0.1) is 11.8 Å². The van der Waals surface area contributed by atoms with Crippen LogP contribution in [-0.2, 0) is 16.0 Å². The molecule has 1 aliphatic carbocycles. The first-order valence-corrected chi connectivity index (χ1v) is 8.93. The van der Waals surface area contributed by atoms with E-state index in [1.165, 1.54) is 11.0 Å². The number of rotatable bonds is 4. The van der Waals surface area contributed by atoms with Crippen LogP contribution in [0.25, 0.3) is 0 Å². The minimum atomic E-state index is -0.516. The molecule has 0 aromatic heterocycles. The van der Waals surface area contributed by atoms with E-state index in [4.69, 9.17) is 0 Å². The smallest absolute Gasteiger partial charge is 0.245 e. The number of amides is 2. The fraction of sp³-hybridized carbons (Fsp3) is 0.529. The molecule has 1 heterocycles. The molecule has 0 spiro atoms. The maximum absolute atomic E-state index is 13.9. The van der Waals surface area contributed by atoms with Crippen LogP contribution in [0.1, 0.15) is 18.4 Å². The second-order valence-electron chi connectivity index (χ2n) is 6.57. The van der Waals surface area contributed by atoms with Crippen molar-refractivity contribution in [1.29, 1.82) is 0 Å². The normalized spacial score (nSPS) is 22.0. The van der Waals surface area contributed by atoms with Crippen LogP contribution in [-0.4, -0.2) is 53.4 Å². The van der Waals surface area contributed by atoms with Crippen molar-refractivity contribution in [2.75, 3.05) is 25.7 Å². The molecule has 2 aliphatic rings. The third-order valence-electron chi connectivity index (χ3n) is 4.66. The van der Waals surface area contributed by atoms with Crippen LogP contribution < -0.4 is 0 Å². The van der Waals surface area contributed by atoms with Crippen LogP contribution >= 0.6 is 11.8 Å². The van der Waals surface area contributed by atoms with E-state index in [0.29, 0.717) is 23.6 Å². The fourth-order valence-electron chi connectivity index (χ4n) is 3.07. The summed E-state index contributed by atoms with van der Waals surface area (Å²) in [6.07, 6.45) is 1.96. The highest BCUT2D eigenvalue weighted by molar-refractivity contribution is 7.99. The molecule has 1 saturated carbocycles. The van der Waals surface area contributed by atoms with Crippen LogP contribution in [0.3, 0.4) is 0 Å². The Balaban J connectivity index is 1.77. The monoisotopic (exact) mass is 336 g/mol. The van der Waals surface area contributed by atoms with E-state index in [1.54, 1.807) is 49.0 Å². The van der Waals surface area contributed by atoms with Crippen molar-refractivity contribution in [3.8, 4) is 0 Å². The summed E-state index contributed by atoms with van der Waals surface area (Å²) in [5.41, 5.74) is 0.0680. The minimum absolute atomic E-state index is 0.00551. The van der Waals surface area contributed by atoms with Crippen LogP contribution in [0.5, 0.6) is 0 Å². The average molecular weight is 336 g/mol. The number of benzene rings is 1. The highest BCUT2D eigenvalue weighted by Gasteiger charge is 2.54. The van der Waals surface area contributed by atoms with Gasteiger partial charge >= 0.3 is 0 Å². The Bertz CT molecular complexity index is 631. The van der Waals surface area contributed by atoms with Crippen LogP contribution in [0.4, 0.5) is 4.39 Å². The van der Waals surface area contributed by atoms with Crippen molar-refractivity contribution in [2.24, 2.45) is 5.41 Å². The third kappa shape index (κ3) is 3.09. The second-order valence-corrected chi connectivity index (χ2v) is 7.57. The van der Waals surface area contributed by atoms with Crippen molar-refractivity contribution in [2.45, 2.75) is 25.3 Å². The predicted molar refractivity (Wildman–Crippen MR) is 88.4 cm³/mol. The highest BCUT2D eigenvalue weighted by atomic mass is 32.2. The number of carbonyl (C=O) groups excluding carboxylic acids is 2. The molecular weight excluding hydrogens is 315 g/mol. The zero-order valence-electron chi connectivity index (χ0n) is 13.4. The van der Waals surface area contributed by atoms with Gasteiger partial charge in [0.2, 0.25) is 11.8 Å². The molecule has 0 radical (unpaired) electrons. The summed E-state index contributed by atoms with van der Waals surface area (Å²) >= 11 is 1.60. The van der Waals surface area contributed by atoms with Gasteiger partial charge in [0.1, 0.15) is 11.9 Å². The molecule has 2 amide bonds. The molecule has 1 atom stereocenters. The van der Waals surface area contributed by atoms with Gasteiger partial charge in [-0.25, -0.2) is 4.39 Å². The topological polar surface area (TPSA) is 40.6 Å². The zero-order valence-corrected chi connectivity index (χ0v) is 14.2. The van der Waals surface area contributed by atoms with Gasteiger partial charge in [0.05, 0.1) is 11.3 Å². The van der Waals surface area contributed by atoms with E-state index >= 15 is 0 Å². The summed E-state index contributed by atoms with van der Waals surface area (Å²) in [6, 6.07) is 6.23. The Morgan fingerprint density at radius 2 is 2.04 bits per heavy atom. The number of likely N-dealkylation sites (N-methyl/N-ethyl adjacent to an activating group) is 1. The Labute approximate surface area is 140 Å². The van der Waals surface area contributed by atoms with Crippen molar-refractivity contribution >= 4 is 23.6 Å². The summed E-state index contributed by atoms with van der Waals surface area (Å²) in [5, 5.41) is 0. The number of hydrogen-bond donors (Lipinski definition) is 0. The Hall–Kier alpha value is -1.56. The van der Waals surface area contributed by atoms with Crippen molar-refractivity contribution < 1.29 is 14.0 Å². The van der Waals surface area contributed by atoms with Gasteiger partial charge in [-0.2, -0.15) is 0 Å². The molecule has 0 unspecified atom stereocenters. The molecule has 1 saturated heterocycles. The minimum Gasteiger partial charge on any atom is -0.347 e. The van der Waals surface area contributed by atoms with Crippen LogP contribution in [0.15, 0.2) is 24.3 Å². The molecule has 1 aliphatic heterocycles. The maximum atomic E-state index is 13.9. The van der Waals surface area contributed by atoms with Gasteiger partial charge in [-0.1, -0.05) is 18.2 Å². The molecule has 0 N–H and O–H groups in total. The molecule has 23 heavy (non-hydrogen) atoms. The standard InChI is InChI=1S/C17H21FN2O2S/c1-19(2)15(21)14-10-23-11-20(14)16(22)17(7-8-17)9-12-5-3-4-6-13(12)18/h3-6,14H,7-11H2,1-2H3/t14-/m0/s1. The Morgan fingerprint density at radius 3 is 2.65 bits per heavy atom. The number of carbonyl (C=O) groups is 2. The number of nitrogens with zero attached hydrogens (tertiary/aromatic N) is 2. The molecule has 3 rings (SSSR count). The molecule has 1 aromatic rings. The fourth-order valence-corrected chi connectivity index (χ4v) is 4.22. The molecule has 2 fully saturated rings. The molecular formula is C17H21FN2O2S. The highest BCUT2D eigenvalue weighted by Crippen LogP contribution is 2.51. The SMILES string of the molecule is CN(C)C(=O)[C@@H]1CSCN1C(=O)C1(Cc2ccccc2F)CC1. The van der Waals surface area contributed by atoms with E-state index in [0.717, 1.165) is 12.8 Å². The van der Waals surface area contributed by atoms with E-state index < -0.39 is 5.41 Å². The molecule has 1 aromatic carbocycles. The Morgan fingerprint density at radius 1 is 1.35 bits per heavy atom. The zero-order chi connectivity index (χ0) is 16.6. The van der Waals surface area contributed by atoms with Crippen molar-refractivity contribution in [3.63, 3.8) is 0 Å². The number of halogens is 1. The largest absolute Gasteiger partial charge is 0.347 e. The lowest BCUT2D eigenvalue weighted by atomic mass is 9.94. The van der Waals surface area contributed by atoms with Gasteiger partial charge < -0.3 is 9.80 Å². The molecule has 6 heteroatoms. The van der Waals surface area contributed by atoms with Gasteiger partial charge in [-0.05, 0) is 30.9 Å². The van der Waals surface area contributed by atoms with Crippen LogP contribution in [0, 0.1) is 11.2 Å². The lowest BCUT2D eigenvalue weighted by Gasteiger charge is -2.29. The van der Waals surface area contributed by atoms with Gasteiger partial charge in [-0.3, -0.25) is 9.59 Å².